The topological polar surface area (TPSA) is 63.2 Å². The second-order valence-electron chi connectivity index (χ2n) is 6.28. The van der Waals surface area contributed by atoms with Crippen LogP contribution in [0, 0.1) is 5.41 Å². The molecule has 0 bridgehead atoms. The first-order valence-corrected chi connectivity index (χ1v) is 12.9. The Hall–Kier alpha value is -0.000000000000000111. The predicted molar refractivity (Wildman–Crippen MR) is 98.5 cm³/mol. The van der Waals surface area contributed by atoms with E-state index in [4.69, 9.17) is 22.6 Å². The Bertz CT molecular complexity index is 575. The van der Waals surface area contributed by atoms with Crippen molar-refractivity contribution < 1.29 is 39.6 Å². The molecule has 1 aromatic carbocycles. The molecule has 0 aliphatic carbocycles. The third-order valence-electron chi connectivity index (χ3n) is 2.70. The number of para-hydroxylation sites is 2. The van der Waals surface area contributed by atoms with Crippen molar-refractivity contribution in [1.29, 1.82) is 0 Å². The van der Waals surface area contributed by atoms with Gasteiger partial charge in [-0.15, -0.1) is 0 Å². The molecule has 0 amide bonds. The lowest BCUT2D eigenvalue weighted by molar-refractivity contribution is -0.0000119. The maximum atomic E-state index is 13.0. The summed E-state index contributed by atoms with van der Waals surface area (Å²) < 4.78 is 41.7. The third-order valence-corrected chi connectivity index (χ3v) is 11.7. The molecule has 1 aliphatic heterocycles. The van der Waals surface area contributed by atoms with Gasteiger partial charge in [-0.3, -0.25) is 18.1 Å². The average molecular weight is 431 g/mol. The van der Waals surface area contributed by atoms with Gasteiger partial charge in [-0.1, -0.05) is 32.9 Å². The first-order chi connectivity index (χ1) is 11.2. The molecule has 1 aliphatic rings. The zero-order valence-electron chi connectivity index (χ0n) is 15.1. The van der Waals surface area contributed by atoms with Gasteiger partial charge in [0.05, 0.1) is 13.2 Å². The summed E-state index contributed by atoms with van der Waals surface area (Å²) in [6.45, 7) is 7.11. The highest BCUT2D eigenvalue weighted by molar-refractivity contribution is 8.86. The summed E-state index contributed by atoms with van der Waals surface area (Å²) in [5.41, 5.74) is -0.101. The van der Waals surface area contributed by atoms with Gasteiger partial charge >= 0.3 is 13.9 Å². The van der Waals surface area contributed by atoms with E-state index in [2.05, 4.69) is 0 Å². The standard InChI is InChI=1S/C15H25O6P2S.ClH/c1-6-17-22(16,18-7-2)24-23(19-12-15(3,4)5)20-13-10-8-9-11-14(13)21-23;/h8-11H,6-7,12H2,1-5H3;1H/q+1;/p-1. The van der Waals surface area contributed by atoms with E-state index in [0.717, 1.165) is 11.0 Å². The summed E-state index contributed by atoms with van der Waals surface area (Å²) in [6, 6.07) is 7.29. The fourth-order valence-corrected chi connectivity index (χ4v) is 11.1. The van der Waals surface area contributed by atoms with Crippen LogP contribution in [0.1, 0.15) is 34.6 Å². The van der Waals surface area contributed by atoms with Gasteiger partial charge in [0.1, 0.15) is 6.61 Å². The Morgan fingerprint density at radius 2 is 1.56 bits per heavy atom. The molecule has 0 saturated carbocycles. The normalized spacial score (nSPS) is 15.7. The minimum absolute atomic E-state index is 0. The molecule has 10 heteroatoms. The van der Waals surface area contributed by atoms with E-state index in [0.29, 0.717) is 18.1 Å². The third kappa shape index (κ3) is 6.59. The zero-order chi connectivity index (χ0) is 17.8. The highest BCUT2D eigenvalue weighted by Gasteiger charge is 2.63. The van der Waals surface area contributed by atoms with Gasteiger partial charge in [-0.05, 0) is 31.4 Å². The van der Waals surface area contributed by atoms with Crippen molar-refractivity contribution in [3.8, 4) is 11.5 Å². The maximum Gasteiger partial charge on any atom is 0.581 e. The Labute approximate surface area is 160 Å². The molecule has 0 spiro atoms. The molecular formula is C15H25ClO6P2S. The van der Waals surface area contributed by atoms with Crippen LogP contribution < -0.4 is 21.5 Å². The van der Waals surface area contributed by atoms with Crippen molar-refractivity contribution in [2.24, 2.45) is 5.41 Å². The first-order valence-electron chi connectivity index (χ1n) is 7.83. The van der Waals surface area contributed by atoms with E-state index >= 15 is 0 Å². The van der Waals surface area contributed by atoms with Gasteiger partial charge in [-0.2, -0.15) is 4.52 Å². The number of hydrogen-bond donors (Lipinski definition) is 0. The van der Waals surface area contributed by atoms with Crippen LogP contribution in [-0.4, -0.2) is 19.8 Å². The van der Waals surface area contributed by atoms with Crippen LogP contribution in [0.15, 0.2) is 24.3 Å². The highest BCUT2D eigenvalue weighted by Crippen LogP contribution is 2.87. The molecule has 6 nitrogen and oxygen atoms in total. The molecule has 25 heavy (non-hydrogen) atoms. The zero-order valence-corrected chi connectivity index (χ0v) is 18.4. The lowest BCUT2D eigenvalue weighted by Crippen LogP contribution is -3.00. The number of hydrogen-bond acceptors (Lipinski definition) is 7. The first kappa shape index (κ1) is 23.0. The largest absolute Gasteiger partial charge is 1.00 e. The number of rotatable bonds is 8. The van der Waals surface area contributed by atoms with Crippen molar-refractivity contribution in [2.45, 2.75) is 34.6 Å². The molecular weight excluding hydrogens is 406 g/mol. The molecule has 0 N–H and O–H groups in total. The van der Waals surface area contributed by atoms with E-state index in [1.165, 1.54) is 0 Å². The molecule has 0 fully saturated rings. The Kier molecular flexibility index (Phi) is 8.55. The molecule has 144 valence electrons. The van der Waals surface area contributed by atoms with Crippen LogP contribution in [0.5, 0.6) is 11.5 Å². The Morgan fingerprint density at radius 1 is 1.08 bits per heavy atom. The van der Waals surface area contributed by atoms with E-state index in [9.17, 15) is 4.57 Å². The quantitative estimate of drug-likeness (QED) is 0.587. The molecule has 0 unspecified atom stereocenters. The van der Waals surface area contributed by atoms with Crippen LogP contribution in [0.25, 0.3) is 0 Å². The minimum atomic E-state index is -3.45. The minimum Gasteiger partial charge on any atom is -1.00 e. The number of halogens is 1. The molecule has 1 heterocycles. The second-order valence-corrected chi connectivity index (χ2v) is 14.0. The van der Waals surface area contributed by atoms with Crippen LogP contribution in [0.2, 0.25) is 0 Å². The molecule has 0 saturated heterocycles. The van der Waals surface area contributed by atoms with Gasteiger partial charge in [0.2, 0.25) is 11.5 Å². The van der Waals surface area contributed by atoms with Gasteiger partial charge in [0.25, 0.3) is 11.0 Å². The SMILES string of the molecule is CCOP(=O)(OCC)S[P+]1(OCC(C)(C)C)Oc2ccccc2O1.[Cl-]. The van der Waals surface area contributed by atoms with Crippen LogP contribution in [0.3, 0.4) is 0 Å². The molecule has 0 radical (unpaired) electrons. The van der Waals surface area contributed by atoms with E-state index in [1.807, 2.05) is 32.9 Å². The summed E-state index contributed by atoms with van der Waals surface area (Å²) in [6.07, 6.45) is 0. The smallest absolute Gasteiger partial charge is 0.581 e. The van der Waals surface area contributed by atoms with Gasteiger partial charge in [0, 0.05) is 0 Å². The van der Waals surface area contributed by atoms with Crippen molar-refractivity contribution in [3.05, 3.63) is 24.3 Å². The fraction of sp³-hybridized carbons (Fsp3) is 0.600. The highest BCUT2D eigenvalue weighted by atomic mass is 35.5. The average Bonchev–Trinajstić information content (AvgIpc) is 2.83. The van der Waals surface area contributed by atoms with Crippen LogP contribution >= 0.6 is 24.9 Å². The Balaban J connectivity index is 0.00000312. The van der Waals surface area contributed by atoms with E-state index in [1.54, 1.807) is 26.0 Å². The lowest BCUT2D eigenvalue weighted by Gasteiger charge is -2.22. The van der Waals surface area contributed by atoms with E-state index < -0.39 is 13.9 Å². The van der Waals surface area contributed by atoms with Crippen molar-refractivity contribution in [1.82, 2.24) is 0 Å². The van der Waals surface area contributed by atoms with E-state index in [-0.39, 0.29) is 31.0 Å². The number of benzene rings is 1. The van der Waals surface area contributed by atoms with Crippen LogP contribution in [-0.2, 0) is 18.1 Å². The maximum absolute atomic E-state index is 13.0. The molecule has 0 aromatic heterocycles. The van der Waals surface area contributed by atoms with Crippen molar-refractivity contribution >= 4 is 24.9 Å². The Morgan fingerprint density at radius 3 is 1.96 bits per heavy atom. The van der Waals surface area contributed by atoms with Crippen molar-refractivity contribution in [2.75, 3.05) is 19.8 Å². The summed E-state index contributed by atoms with van der Waals surface area (Å²) >= 11 is 0.904. The summed E-state index contributed by atoms with van der Waals surface area (Å²) in [5.74, 6) is 1.15. The second kappa shape index (κ2) is 9.27. The van der Waals surface area contributed by atoms with Gasteiger partial charge in [-0.25, -0.2) is 4.57 Å². The molecule has 1 aromatic rings. The van der Waals surface area contributed by atoms with Gasteiger partial charge in [0.15, 0.2) is 0 Å². The van der Waals surface area contributed by atoms with Gasteiger partial charge < -0.3 is 12.4 Å². The lowest BCUT2D eigenvalue weighted by atomic mass is 9.99. The molecule has 0 atom stereocenters. The predicted octanol–water partition coefficient (Wildman–Crippen LogP) is 3.12. The summed E-state index contributed by atoms with van der Waals surface area (Å²) in [7, 11) is -3.00. The fourth-order valence-electron chi connectivity index (χ4n) is 1.77. The summed E-state index contributed by atoms with van der Waals surface area (Å²) in [4.78, 5) is 0. The monoisotopic (exact) mass is 430 g/mol. The van der Waals surface area contributed by atoms with Crippen molar-refractivity contribution in [3.63, 3.8) is 0 Å². The number of fused-ring (bicyclic) bond motifs is 1. The van der Waals surface area contributed by atoms with Crippen LogP contribution in [0.4, 0.5) is 0 Å². The summed E-state index contributed by atoms with van der Waals surface area (Å²) in [5, 5.41) is 0. The molecule has 2 rings (SSSR count).